The maximum Gasteiger partial charge on any atom is 0.356 e. The molecule has 0 amide bonds. The lowest BCUT2D eigenvalue weighted by molar-refractivity contribution is 0.0690. The maximum atomic E-state index is 10.7. The molecule has 0 bridgehead atoms. The van der Waals surface area contributed by atoms with E-state index < -0.39 is 11.5 Å². The number of aromatic nitrogens is 2. The molecule has 0 unspecified atom stereocenters. The summed E-state index contributed by atoms with van der Waals surface area (Å²) in [5.41, 5.74) is -0.635. The minimum Gasteiger partial charge on any atom is -0.476 e. The van der Waals surface area contributed by atoms with Crippen LogP contribution in [0.5, 0.6) is 0 Å². The molecule has 0 aliphatic heterocycles. The Balaban J connectivity index is 3.05. The second-order valence-electron chi connectivity index (χ2n) is 4.10. The van der Waals surface area contributed by atoms with Gasteiger partial charge in [-0.3, -0.25) is 4.98 Å². The van der Waals surface area contributed by atoms with E-state index in [1.165, 1.54) is 12.4 Å². The number of nitrogens with zero attached hydrogens (tertiary/aromatic N) is 3. The molecule has 16 heavy (non-hydrogen) atoms. The molecule has 0 aliphatic rings. The highest BCUT2D eigenvalue weighted by molar-refractivity contribution is 5.85. The van der Waals surface area contributed by atoms with Gasteiger partial charge in [-0.15, -0.1) is 0 Å². The number of likely N-dealkylation sites (N-methyl/N-ethyl adjacent to an activating group) is 1. The second-order valence-corrected chi connectivity index (χ2v) is 4.10. The molecule has 0 atom stereocenters. The van der Waals surface area contributed by atoms with Gasteiger partial charge in [0, 0.05) is 7.05 Å². The van der Waals surface area contributed by atoms with E-state index in [-0.39, 0.29) is 12.3 Å². The number of aliphatic hydroxyl groups is 1. The van der Waals surface area contributed by atoms with Crippen molar-refractivity contribution >= 4 is 11.8 Å². The number of aromatic carboxylic acids is 1. The van der Waals surface area contributed by atoms with Crippen LogP contribution in [0.3, 0.4) is 0 Å². The van der Waals surface area contributed by atoms with Gasteiger partial charge in [0.1, 0.15) is 5.82 Å². The Labute approximate surface area is 93.6 Å². The van der Waals surface area contributed by atoms with Gasteiger partial charge in [-0.2, -0.15) is 0 Å². The van der Waals surface area contributed by atoms with Crippen molar-refractivity contribution < 1.29 is 15.0 Å². The van der Waals surface area contributed by atoms with Crippen LogP contribution in [0.15, 0.2) is 12.4 Å². The second kappa shape index (κ2) is 4.44. The van der Waals surface area contributed by atoms with Crippen molar-refractivity contribution in [2.45, 2.75) is 19.4 Å². The molecule has 1 aromatic rings. The molecule has 2 N–H and O–H groups in total. The highest BCUT2D eigenvalue weighted by Gasteiger charge is 2.24. The number of carboxylic acids is 1. The number of aliphatic hydroxyl groups excluding tert-OH is 1. The van der Waals surface area contributed by atoms with Crippen LogP contribution in [0.4, 0.5) is 5.82 Å². The lowest BCUT2D eigenvalue weighted by atomic mass is 10.1. The molecular weight excluding hydrogens is 210 g/mol. The molecule has 6 nitrogen and oxygen atoms in total. The van der Waals surface area contributed by atoms with Crippen molar-refractivity contribution in [2.75, 3.05) is 18.6 Å². The summed E-state index contributed by atoms with van der Waals surface area (Å²) in [6, 6.07) is 0. The van der Waals surface area contributed by atoms with E-state index >= 15 is 0 Å². The van der Waals surface area contributed by atoms with Crippen molar-refractivity contribution in [2.24, 2.45) is 0 Å². The molecule has 0 saturated heterocycles. The van der Waals surface area contributed by atoms with Crippen LogP contribution >= 0.6 is 0 Å². The third-order valence-electron chi connectivity index (χ3n) is 2.48. The zero-order chi connectivity index (χ0) is 12.3. The number of rotatable bonds is 4. The van der Waals surface area contributed by atoms with Crippen molar-refractivity contribution in [1.82, 2.24) is 9.97 Å². The highest BCUT2D eigenvalue weighted by Crippen LogP contribution is 2.18. The van der Waals surface area contributed by atoms with Gasteiger partial charge in [0.15, 0.2) is 5.69 Å². The standard InChI is InChI=1S/C10H15N3O3/c1-10(2,6-14)13(3)8-5-11-4-7(12-8)9(15)16/h4-5,14H,6H2,1-3H3,(H,15,16). The molecule has 0 fully saturated rings. The van der Waals surface area contributed by atoms with Crippen LogP contribution < -0.4 is 4.90 Å². The van der Waals surface area contributed by atoms with Crippen LogP contribution in [-0.4, -0.2) is 45.3 Å². The number of anilines is 1. The molecule has 0 aromatic carbocycles. The molecule has 0 spiro atoms. The lowest BCUT2D eigenvalue weighted by Gasteiger charge is -2.34. The number of hydrogen-bond acceptors (Lipinski definition) is 5. The molecule has 1 rings (SSSR count). The van der Waals surface area contributed by atoms with Gasteiger partial charge in [-0.05, 0) is 13.8 Å². The van der Waals surface area contributed by atoms with E-state index in [9.17, 15) is 9.90 Å². The van der Waals surface area contributed by atoms with Crippen LogP contribution in [0.1, 0.15) is 24.3 Å². The summed E-state index contributed by atoms with van der Waals surface area (Å²) in [5.74, 6) is -0.705. The summed E-state index contributed by atoms with van der Waals surface area (Å²) in [6.07, 6.45) is 2.65. The molecule has 0 saturated carbocycles. The largest absolute Gasteiger partial charge is 0.476 e. The first-order valence-corrected chi connectivity index (χ1v) is 4.78. The minimum absolute atomic E-state index is 0.0670. The predicted octanol–water partition coefficient (Wildman–Crippen LogP) is 0.382. The number of carbonyl (C=O) groups is 1. The van der Waals surface area contributed by atoms with E-state index in [0.29, 0.717) is 5.82 Å². The van der Waals surface area contributed by atoms with Crippen LogP contribution in [-0.2, 0) is 0 Å². The summed E-state index contributed by atoms with van der Waals surface area (Å²) in [7, 11) is 1.73. The van der Waals surface area contributed by atoms with Gasteiger partial charge in [0.05, 0.1) is 24.5 Å². The Morgan fingerprint density at radius 3 is 2.62 bits per heavy atom. The summed E-state index contributed by atoms with van der Waals surface area (Å²) >= 11 is 0. The fourth-order valence-electron chi connectivity index (χ4n) is 1.04. The fraction of sp³-hybridized carbons (Fsp3) is 0.500. The summed E-state index contributed by atoms with van der Waals surface area (Å²) in [4.78, 5) is 20.2. The number of carboxylic acid groups (broad SMARTS) is 1. The van der Waals surface area contributed by atoms with E-state index in [1.807, 2.05) is 13.8 Å². The van der Waals surface area contributed by atoms with Crippen LogP contribution in [0.2, 0.25) is 0 Å². The fourth-order valence-corrected chi connectivity index (χ4v) is 1.04. The molecule has 88 valence electrons. The lowest BCUT2D eigenvalue weighted by Crippen LogP contribution is -2.45. The van der Waals surface area contributed by atoms with Gasteiger partial charge in [0.25, 0.3) is 0 Å². The topological polar surface area (TPSA) is 86.6 Å². The molecule has 6 heteroatoms. The summed E-state index contributed by atoms with van der Waals surface area (Å²) in [5, 5.41) is 18.0. The maximum absolute atomic E-state index is 10.7. The predicted molar refractivity (Wildman–Crippen MR) is 58.6 cm³/mol. The Morgan fingerprint density at radius 1 is 1.50 bits per heavy atom. The molecular formula is C10H15N3O3. The SMILES string of the molecule is CN(c1cncc(C(=O)O)n1)C(C)(C)CO. The summed E-state index contributed by atoms with van der Waals surface area (Å²) in [6.45, 7) is 3.58. The molecule has 1 heterocycles. The average molecular weight is 225 g/mol. The van der Waals surface area contributed by atoms with E-state index in [2.05, 4.69) is 9.97 Å². The zero-order valence-electron chi connectivity index (χ0n) is 9.51. The van der Waals surface area contributed by atoms with Gasteiger partial charge < -0.3 is 15.1 Å². The van der Waals surface area contributed by atoms with E-state index in [0.717, 1.165) is 0 Å². The van der Waals surface area contributed by atoms with Gasteiger partial charge >= 0.3 is 5.97 Å². The van der Waals surface area contributed by atoms with Crippen LogP contribution in [0, 0.1) is 0 Å². The van der Waals surface area contributed by atoms with E-state index in [1.54, 1.807) is 11.9 Å². The number of hydrogen-bond donors (Lipinski definition) is 2. The van der Waals surface area contributed by atoms with Crippen molar-refractivity contribution in [3.05, 3.63) is 18.1 Å². The van der Waals surface area contributed by atoms with Crippen molar-refractivity contribution in [3.8, 4) is 0 Å². The van der Waals surface area contributed by atoms with E-state index in [4.69, 9.17) is 5.11 Å². The zero-order valence-corrected chi connectivity index (χ0v) is 9.51. The third-order valence-corrected chi connectivity index (χ3v) is 2.48. The normalized spacial score (nSPS) is 11.2. The van der Waals surface area contributed by atoms with Gasteiger partial charge in [-0.25, -0.2) is 9.78 Å². The highest BCUT2D eigenvalue weighted by atomic mass is 16.4. The van der Waals surface area contributed by atoms with Crippen molar-refractivity contribution in [3.63, 3.8) is 0 Å². The summed E-state index contributed by atoms with van der Waals surface area (Å²) < 4.78 is 0. The smallest absolute Gasteiger partial charge is 0.356 e. The quantitative estimate of drug-likeness (QED) is 0.770. The monoisotopic (exact) mass is 225 g/mol. The Bertz CT molecular complexity index is 393. The van der Waals surface area contributed by atoms with Crippen molar-refractivity contribution in [1.29, 1.82) is 0 Å². The van der Waals surface area contributed by atoms with Gasteiger partial charge in [0.2, 0.25) is 0 Å². The van der Waals surface area contributed by atoms with Crippen LogP contribution in [0.25, 0.3) is 0 Å². The Morgan fingerprint density at radius 2 is 2.12 bits per heavy atom. The first kappa shape index (κ1) is 12.4. The molecule has 1 aromatic heterocycles. The molecule has 0 aliphatic carbocycles. The Hall–Kier alpha value is -1.69. The first-order chi connectivity index (χ1) is 7.38. The molecule has 0 radical (unpaired) electrons. The Kier molecular flexibility index (Phi) is 3.44. The average Bonchev–Trinajstić information content (AvgIpc) is 2.28. The minimum atomic E-state index is -1.12. The van der Waals surface area contributed by atoms with Gasteiger partial charge in [-0.1, -0.05) is 0 Å². The first-order valence-electron chi connectivity index (χ1n) is 4.78. The third kappa shape index (κ3) is 2.46.